The van der Waals surface area contributed by atoms with Gasteiger partial charge in [0.1, 0.15) is 11.3 Å². The molecular formula is C16H17N5O3S. The molecule has 0 aliphatic rings. The van der Waals surface area contributed by atoms with E-state index in [1.165, 1.54) is 22.5 Å². The van der Waals surface area contributed by atoms with Gasteiger partial charge in [0.05, 0.1) is 18.5 Å². The standard InChI is InChI=1S/C16H17N5O3S/c1-20-10-11(16(19-20)24-2)15(23)17-7-8-21-14(22)6-5-12(18-21)13-4-3-9-25-13/h3-6,9-10H,7-8H2,1-2H3,(H,17,23). The number of aromatic nitrogens is 4. The number of carbonyl (C=O) groups excluding carboxylic acids is 1. The Morgan fingerprint density at radius 3 is 2.88 bits per heavy atom. The Hall–Kier alpha value is -2.94. The van der Waals surface area contributed by atoms with E-state index in [0.717, 1.165) is 10.6 Å². The number of carbonyl (C=O) groups is 1. The van der Waals surface area contributed by atoms with Crippen LogP contribution in [0.3, 0.4) is 0 Å². The van der Waals surface area contributed by atoms with Gasteiger partial charge in [0.2, 0.25) is 5.88 Å². The third-order valence-electron chi connectivity index (χ3n) is 3.48. The van der Waals surface area contributed by atoms with Gasteiger partial charge in [-0.1, -0.05) is 6.07 Å². The number of nitrogens with one attached hydrogen (secondary N) is 1. The maximum atomic E-state index is 12.2. The highest BCUT2D eigenvalue weighted by atomic mass is 32.1. The highest BCUT2D eigenvalue weighted by Gasteiger charge is 2.15. The average Bonchev–Trinajstić information content (AvgIpc) is 3.25. The molecule has 3 aromatic heterocycles. The molecule has 0 fully saturated rings. The first-order chi connectivity index (χ1) is 12.1. The second-order valence-corrected chi connectivity index (χ2v) is 6.19. The zero-order valence-electron chi connectivity index (χ0n) is 13.8. The summed E-state index contributed by atoms with van der Waals surface area (Å²) >= 11 is 1.55. The Labute approximate surface area is 147 Å². The summed E-state index contributed by atoms with van der Waals surface area (Å²) in [6.45, 7) is 0.532. The van der Waals surface area contributed by atoms with E-state index in [9.17, 15) is 9.59 Å². The smallest absolute Gasteiger partial charge is 0.266 e. The molecule has 25 heavy (non-hydrogen) atoms. The lowest BCUT2D eigenvalue weighted by Gasteiger charge is -2.07. The van der Waals surface area contributed by atoms with Crippen LogP contribution in [-0.4, -0.2) is 39.1 Å². The van der Waals surface area contributed by atoms with Gasteiger partial charge in [0.15, 0.2) is 0 Å². The van der Waals surface area contributed by atoms with E-state index >= 15 is 0 Å². The Morgan fingerprint density at radius 1 is 1.32 bits per heavy atom. The SMILES string of the molecule is COc1nn(C)cc1C(=O)NCCn1nc(-c2cccs2)ccc1=O. The van der Waals surface area contributed by atoms with Crippen LogP contribution >= 0.6 is 11.3 Å². The zero-order valence-corrected chi connectivity index (χ0v) is 14.6. The van der Waals surface area contributed by atoms with Gasteiger partial charge in [-0.3, -0.25) is 14.3 Å². The second kappa shape index (κ2) is 7.31. The van der Waals surface area contributed by atoms with Crippen LogP contribution < -0.4 is 15.6 Å². The molecule has 0 atom stereocenters. The number of methoxy groups -OCH3 is 1. The van der Waals surface area contributed by atoms with Gasteiger partial charge in [-0.25, -0.2) is 4.68 Å². The van der Waals surface area contributed by atoms with Crippen LogP contribution in [0.1, 0.15) is 10.4 Å². The number of aryl methyl sites for hydroxylation is 1. The molecule has 0 aliphatic heterocycles. The fraction of sp³-hybridized carbons (Fsp3) is 0.250. The van der Waals surface area contributed by atoms with Crippen molar-refractivity contribution in [2.75, 3.05) is 13.7 Å². The molecule has 0 aromatic carbocycles. The maximum Gasteiger partial charge on any atom is 0.266 e. The van der Waals surface area contributed by atoms with Crippen molar-refractivity contribution in [3.05, 3.63) is 51.8 Å². The van der Waals surface area contributed by atoms with Crippen molar-refractivity contribution in [1.29, 1.82) is 0 Å². The predicted molar refractivity (Wildman–Crippen MR) is 93.9 cm³/mol. The highest BCUT2D eigenvalue weighted by molar-refractivity contribution is 7.13. The van der Waals surface area contributed by atoms with Crippen molar-refractivity contribution in [2.45, 2.75) is 6.54 Å². The Balaban J connectivity index is 1.67. The fourth-order valence-electron chi connectivity index (χ4n) is 2.31. The van der Waals surface area contributed by atoms with E-state index in [1.54, 1.807) is 30.6 Å². The summed E-state index contributed by atoms with van der Waals surface area (Å²) in [5.74, 6) is -0.0533. The molecular weight excluding hydrogens is 342 g/mol. The van der Waals surface area contributed by atoms with Crippen molar-refractivity contribution in [3.8, 4) is 16.5 Å². The van der Waals surface area contributed by atoms with Crippen molar-refractivity contribution >= 4 is 17.2 Å². The molecule has 3 rings (SSSR count). The first kappa shape index (κ1) is 16.9. The average molecular weight is 359 g/mol. The molecule has 0 radical (unpaired) electrons. The lowest BCUT2D eigenvalue weighted by molar-refractivity contribution is 0.0948. The largest absolute Gasteiger partial charge is 0.479 e. The summed E-state index contributed by atoms with van der Waals surface area (Å²) in [7, 11) is 3.16. The first-order valence-electron chi connectivity index (χ1n) is 7.56. The van der Waals surface area contributed by atoms with Crippen molar-refractivity contribution < 1.29 is 9.53 Å². The minimum Gasteiger partial charge on any atom is -0.479 e. The lowest BCUT2D eigenvalue weighted by Crippen LogP contribution is -2.32. The second-order valence-electron chi connectivity index (χ2n) is 5.24. The quantitative estimate of drug-likeness (QED) is 0.713. The molecule has 0 saturated heterocycles. The van der Waals surface area contributed by atoms with Crippen molar-refractivity contribution in [3.63, 3.8) is 0 Å². The molecule has 0 bridgehead atoms. The molecule has 3 heterocycles. The molecule has 0 aliphatic carbocycles. The summed E-state index contributed by atoms with van der Waals surface area (Å²) < 4.78 is 7.92. The van der Waals surface area contributed by atoms with Gasteiger partial charge in [-0.2, -0.15) is 5.10 Å². The molecule has 130 valence electrons. The number of thiophene rings is 1. The van der Waals surface area contributed by atoms with Crippen LogP contribution in [0.2, 0.25) is 0 Å². The molecule has 0 unspecified atom stereocenters. The number of nitrogens with zero attached hydrogens (tertiary/aromatic N) is 4. The van der Waals surface area contributed by atoms with Crippen LogP contribution in [-0.2, 0) is 13.6 Å². The fourth-order valence-corrected chi connectivity index (χ4v) is 3.00. The van der Waals surface area contributed by atoms with Crippen molar-refractivity contribution in [2.24, 2.45) is 7.05 Å². The van der Waals surface area contributed by atoms with Crippen LogP contribution in [0.25, 0.3) is 10.6 Å². The van der Waals surface area contributed by atoms with Crippen LogP contribution in [0, 0.1) is 0 Å². The number of ether oxygens (including phenoxy) is 1. The van der Waals surface area contributed by atoms with E-state index in [-0.39, 0.29) is 30.4 Å². The third-order valence-corrected chi connectivity index (χ3v) is 4.37. The monoisotopic (exact) mass is 359 g/mol. The molecule has 0 spiro atoms. The van der Waals surface area contributed by atoms with Crippen LogP contribution in [0.5, 0.6) is 5.88 Å². The van der Waals surface area contributed by atoms with E-state index in [2.05, 4.69) is 15.5 Å². The Bertz CT molecular complexity index is 930. The van der Waals surface area contributed by atoms with Crippen molar-refractivity contribution in [1.82, 2.24) is 24.9 Å². The van der Waals surface area contributed by atoms with Gasteiger partial charge >= 0.3 is 0 Å². The number of hydrogen-bond acceptors (Lipinski definition) is 6. The lowest BCUT2D eigenvalue weighted by atomic mass is 10.3. The molecule has 1 N–H and O–H groups in total. The summed E-state index contributed by atoms with van der Waals surface area (Å²) in [4.78, 5) is 25.1. The van der Waals surface area contributed by atoms with Gasteiger partial charge < -0.3 is 10.1 Å². The number of hydrogen-bond donors (Lipinski definition) is 1. The third kappa shape index (κ3) is 3.77. The minimum atomic E-state index is -0.313. The maximum absolute atomic E-state index is 12.2. The molecule has 9 heteroatoms. The number of amides is 1. The summed E-state index contributed by atoms with van der Waals surface area (Å²) in [6.07, 6.45) is 1.58. The normalized spacial score (nSPS) is 10.6. The summed E-state index contributed by atoms with van der Waals surface area (Å²) in [6, 6.07) is 7.05. The molecule has 1 amide bonds. The van der Waals surface area contributed by atoms with E-state index in [0.29, 0.717) is 5.56 Å². The molecule has 8 nitrogen and oxygen atoms in total. The Morgan fingerprint density at radius 2 is 2.16 bits per heavy atom. The van der Waals surface area contributed by atoms with Gasteiger partial charge in [-0.15, -0.1) is 16.4 Å². The predicted octanol–water partition coefficient (Wildman–Crippen LogP) is 1.14. The van der Waals surface area contributed by atoms with E-state index < -0.39 is 0 Å². The molecule has 0 saturated carbocycles. The topological polar surface area (TPSA) is 91.0 Å². The zero-order chi connectivity index (χ0) is 17.8. The Kier molecular flexibility index (Phi) is 4.94. The number of rotatable bonds is 6. The summed E-state index contributed by atoms with van der Waals surface area (Å²) in [5, 5.41) is 13.1. The van der Waals surface area contributed by atoms with Gasteiger partial charge in [0.25, 0.3) is 11.5 Å². The van der Waals surface area contributed by atoms with Gasteiger partial charge in [0, 0.05) is 25.9 Å². The van der Waals surface area contributed by atoms with Crippen LogP contribution in [0.4, 0.5) is 0 Å². The van der Waals surface area contributed by atoms with Crippen LogP contribution in [0.15, 0.2) is 40.6 Å². The van der Waals surface area contributed by atoms with E-state index in [1.807, 2.05) is 17.5 Å². The highest BCUT2D eigenvalue weighted by Crippen LogP contribution is 2.21. The summed E-state index contributed by atoms with van der Waals surface area (Å²) in [5.41, 5.74) is 0.862. The minimum absolute atomic E-state index is 0.214. The first-order valence-corrected chi connectivity index (χ1v) is 8.44. The van der Waals surface area contributed by atoms with E-state index in [4.69, 9.17) is 4.74 Å². The molecule has 3 aromatic rings. The van der Waals surface area contributed by atoms with Gasteiger partial charge in [-0.05, 0) is 17.5 Å².